The minimum absolute atomic E-state index is 0.00432. The van der Waals surface area contributed by atoms with Crippen LogP contribution in [0.4, 0.5) is 0 Å². The highest BCUT2D eigenvalue weighted by atomic mass is 32.2. The Morgan fingerprint density at radius 3 is 2.78 bits per heavy atom. The third-order valence-electron chi connectivity index (χ3n) is 3.76. The summed E-state index contributed by atoms with van der Waals surface area (Å²) in [5.74, 6) is -1.15. The molecule has 0 bridgehead atoms. The first-order valence-electron chi connectivity index (χ1n) is 7.40. The van der Waals surface area contributed by atoms with Crippen LogP contribution in [0.25, 0.3) is 0 Å². The van der Waals surface area contributed by atoms with Gasteiger partial charge in [-0.25, -0.2) is 17.9 Å². The summed E-state index contributed by atoms with van der Waals surface area (Å²) in [4.78, 5) is 10.9. The number of nitrogens with one attached hydrogen (secondary N) is 1. The van der Waals surface area contributed by atoms with Gasteiger partial charge in [0.25, 0.3) is 0 Å². The average Bonchev–Trinajstić information content (AvgIpc) is 2.52. The number of hydrogen-bond acceptors (Lipinski definition) is 5. The lowest BCUT2D eigenvalue weighted by Gasteiger charge is -2.27. The summed E-state index contributed by atoms with van der Waals surface area (Å²) in [5, 5.41) is 8.96. The maximum Gasteiger partial charge on any atom is 0.335 e. The van der Waals surface area contributed by atoms with Crippen LogP contribution >= 0.6 is 0 Å². The molecule has 0 spiro atoms. The van der Waals surface area contributed by atoms with Crippen LogP contribution in [0.15, 0.2) is 23.1 Å². The van der Waals surface area contributed by atoms with Crippen LogP contribution in [-0.2, 0) is 14.8 Å². The highest BCUT2D eigenvalue weighted by molar-refractivity contribution is 7.89. The van der Waals surface area contributed by atoms with Gasteiger partial charge in [-0.2, -0.15) is 0 Å². The van der Waals surface area contributed by atoms with Crippen molar-refractivity contribution < 1.29 is 27.8 Å². The lowest BCUT2D eigenvalue weighted by atomic mass is 10.1. The van der Waals surface area contributed by atoms with Crippen LogP contribution in [0.2, 0.25) is 0 Å². The molecule has 1 aliphatic rings. The summed E-state index contributed by atoms with van der Waals surface area (Å²) in [6.07, 6.45) is 2.76. The Bertz CT molecular complexity index is 673. The summed E-state index contributed by atoms with van der Waals surface area (Å²) in [6, 6.07) is 3.66. The van der Waals surface area contributed by atoms with Crippen molar-refractivity contribution in [3.05, 3.63) is 23.8 Å². The van der Waals surface area contributed by atoms with Gasteiger partial charge in [-0.1, -0.05) is 0 Å². The third kappa shape index (κ3) is 4.43. The Morgan fingerprint density at radius 2 is 2.17 bits per heavy atom. The summed E-state index contributed by atoms with van der Waals surface area (Å²) in [7, 11) is -2.51. The van der Waals surface area contributed by atoms with Gasteiger partial charge in [-0.15, -0.1) is 0 Å². The molecule has 23 heavy (non-hydrogen) atoms. The maximum absolute atomic E-state index is 12.4. The number of carboxylic acids is 1. The molecule has 0 aliphatic carbocycles. The van der Waals surface area contributed by atoms with Crippen LogP contribution < -0.4 is 9.46 Å². The van der Waals surface area contributed by atoms with E-state index in [9.17, 15) is 13.2 Å². The summed E-state index contributed by atoms with van der Waals surface area (Å²) < 4.78 is 38.1. The first kappa shape index (κ1) is 17.7. The molecule has 1 fully saturated rings. The number of ether oxygens (including phenoxy) is 2. The number of methoxy groups -OCH3 is 1. The molecule has 2 rings (SSSR count). The molecule has 1 saturated heterocycles. The lowest BCUT2D eigenvalue weighted by Crippen LogP contribution is -2.37. The molecule has 1 aromatic carbocycles. The van der Waals surface area contributed by atoms with E-state index in [0.717, 1.165) is 19.3 Å². The molecule has 0 aromatic heterocycles. The van der Waals surface area contributed by atoms with E-state index in [-0.39, 0.29) is 35.0 Å². The van der Waals surface area contributed by atoms with Crippen LogP contribution in [0.1, 0.15) is 36.5 Å². The Kier molecular flexibility index (Phi) is 5.61. The van der Waals surface area contributed by atoms with Crippen molar-refractivity contribution >= 4 is 16.0 Å². The minimum atomic E-state index is -3.81. The summed E-state index contributed by atoms with van der Waals surface area (Å²) in [6.45, 7) is 2.14. The second kappa shape index (κ2) is 7.29. The van der Waals surface area contributed by atoms with Crippen molar-refractivity contribution in [1.29, 1.82) is 0 Å². The van der Waals surface area contributed by atoms with Gasteiger partial charge in [0.2, 0.25) is 10.0 Å². The molecule has 0 saturated carbocycles. The monoisotopic (exact) mass is 343 g/mol. The normalized spacial score (nSPS) is 21.8. The van der Waals surface area contributed by atoms with Crippen LogP contribution in [0.3, 0.4) is 0 Å². The number of carboxylic acid groups (broad SMARTS) is 1. The maximum atomic E-state index is 12.4. The van der Waals surface area contributed by atoms with E-state index in [1.165, 1.54) is 25.3 Å². The summed E-state index contributed by atoms with van der Waals surface area (Å²) >= 11 is 0. The number of rotatable bonds is 6. The zero-order chi connectivity index (χ0) is 17.0. The van der Waals surface area contributed by atoms with Gasteiger partial charge in [0.15, 0.2) is 0 Å². The number of hydrogen-bond donors (Lipinski definition) is 2. The number of sulfonamides is 1. The van der Waals surface area contributed by atoms with Gasteiger partial charge < -0.3 is 14.6 Å². The molecule has 128 valence electrons. The van der Waals surface area contributed by atoms with Crippen molar-refractivity contribution in [2.75, 3.05) is 13.7 Å². The van der Waals surface area contributed by atoms with Crippen LogP contribution in [0.5, 0.6) is 5.75 Å². The Balaban J connectivity index is 2.14. The van der Waals surface area contributed by atoms with E-state index < -0.39 is 16.0 Å². The van der Waals surface area contributed by atoms with Gasteiger partial charge >= 0.3 is 5.97 Å². The van der Waals surface area contributed by atoms with Crippen molar-refractivity contribution in [2.45, 2.75) is 43.3 Å². The quantitative estimate of drug-likeness (QED) is 0.814. The second-order valence-electron chi connectivity index (χ2n) is 5.52. The lowest BCUT2D eigenvalue weighted by molar-refractivity contribution is -0.0358. The Morgan fingerprint density at radius 1 is 1.43 bits per heavy atom. The number of aromatic carboxylic acids is 1. The van der Waals surface area contributed by atoms with Gasteiger partial charge in [0.1, 0.15) is 10.6 Å². The van der Waals surface area contributed by atoms with Gasteiger partial charge in [-0.3, -0.25) is 0 Å². The predicted molar refractivity (Wildman–Crippen MR) is 83.3 cm³/mol. The van der Waals surface area contributed by atoms with E-state index >= 15 is 0 Å². The third-order valence-corrected chi connectivity index (χ3v) is 5.23. The molecule has 2 unspecified atom stereocenters. The fourth-order valence-corrected chi connectivity index (χ4v) is 3.77. The predicted octanol–water partition coefficient (Wildman–Crippen LogP) is 1.63. The number of carbonyl (C=O) groups is 1. The van der Waals surface area contributed by atoms with E-state index in [0.29, 0.717) is 0 Å². The van der Waals surface area contributed by atoms with E-state index in [1.807, 2.05) is 6.92 Å². The van der Waals surface area contributed by atoms with Crippen molar-refractivity contribution in [1.82, 2.24) is 4.72 Å². The van der Waals surface area contributed by atoms with Crippen molar-refractivity contribution in [2.24, 2.45) is 0 Å². The van der Waals surface area contributed by atoms with Gasteiger partial charge in [0, 0.05) is 6.54 Å². The SMILES string of the molecule is COc1cc(C(=O)O)ccc1S(=O)(=O)NCC1CCCC(C)O1. The van der Waals surface area contributed by atoms with E-state index in [1.54, 1.807) is 0 Å². The molecule has 7 nitrogen and oxygen atoms in total. The first-order chi connectivity index (χ1) is 10.8. The fraction of sp³-hybridized carbons (Fsp3) is 0.533. The van der Waals surface area contributed by atoms with Crippen molar-refractivity contribution in [3.8, 4) is 5.75 Å². The fourth-order valence-electron chi connectivity index (χ4n) is 2.55. The van der Waals surface area contributed by atoms with Crippen LogP contribution in [-0.4, -0.2) is 45.4 Å². The zero-order valence-electron chi connectivity index (χ0n) is 13.1. The molecular weight excluding hydrogens is 322 g/mol. The highest BCUT2D eigenvalue weighted by Crippen LogP contribution is 2.25. The van der Waals surface area contributed by atoms with E-state index in [4.69, 9.17) is 14.6 Å². The highest BCUT2D eigenvalue weighted by Gasteiger charge is 2.24. The van der Waals surface area contributed by atoms with Crippen LogP contribution in [0, 0.1) is 0 Å². The molecule has 0 radical (unpaired) electrons. The standard InChI is InChI=1S/C15H21NO6S/c1-10-4-3-5-12(22-10)9-16-23(19,20)14-7-6-11(15(17)18)8-13(14)21-2/h6-8,10,12,16H,3-5,9H2,1-2H3,(H,17,18). The molecule has 8 heteroatoms. The molecular formula is C15H21NO6S. The molecule has 1 aromatic rings. The second-order valence-corrected chi connectivity index (χ2v) is 7.26. The van der Waals surface area contributed by atoms with Gasteiger partial charge in [-0.05, 0) is 44.4 Å². The molecule has 1 heterocycles. The zero-order valence-corrected chi connectivity index (χ0v) is 13.9. The smallest absolute Gasteiger partial charge is 0.335 e. The molecule has 2 N–H and O–H groups in total. The minimum Gasteiger partial charge on any atom is -0.495 e. The van der Waals surface area contributed by atoms with Crippen molar-refractivity contribution in [3.63, 3.8) is 0 Å². The largest absolute Gasteiger partial charge is 0.495 e. The Labute approximate surface area is 135 Å². The average molecular weight is 343 g/mol. The molecule has 0 amide bonds. The summed E-state index contributed by atoms with van der Waals surface area (Å²) in [5.41, 5.74) is -0.0368. The number of benzene rings is 1. The first-order valence-corrected chi connectivity index (χ1v) is 8.88. The van der Waals surface area contributed by atoms with E-state index in [2.05, 4.69) is 4.72 Å². The molecule has 1 aliphatic heterocycles. The topological polar surface area (TPSA) is 102 Å². The van der Waals surface area contributed by atoms with Gasteiger partial charge in [0.05, 0.1) is 24.9 Å². The Hall–Kier alpha value is -1.64. The molecule has 2 atom stereocenters.